The van der Waals surface area contributed by atoms with E-state index in [1.165, 1.54) is 80.8 Å². The average Bonchev–Trinajstić information content (AvgIpc) is 3.76. The number of hydrogen-bond acceptors (Lipinski definition) is 2. The standard InChI is InChI=1S/C51H33NS/c1-3-15-36(16-4-1)51(37-17-5-2-6-18-37)45-22-11-9-20-41(45)42-31-30-39(33-46(42)51)52(47-23-13-25-49-50(47)43-21-10-12-24-48(43)53-49)38-29-28-35-27-26-34-14-7-8-19-40(34)44(35)32-38/h1-33H. The fourth-order valence-electron chi connectivity index (χ4n) is 9.07. The molecule has 1 heterocycles. The molecule has 0 fully saturated rings. The fourth-order valence-corrected chi connectivity index (χ4v) is 10.2. The van der Waals surface area contributed by atoms with Crippen molar-refractivity contribution in [2.24, 2.45) is 0 Å². The van der Waals surface area contributed by atoms with Crippen LogP contribution in [0.25, 0.3) is 52.8 Å². The molecule has 0 atom stereocenters. The van der Waals surface area contributed by atoms with Gasteiger partial charge in [-0.1, -0.05) is 158 Å². The number of nitrogens with zero attached hydrogens (tertiary/aromatic N) is 1. The van der Waals surface area contributed by atoms with Crippen LogP contribution in [0, 0.1) is 0 Å². The van der Waals surface area contributed by atoms with Gasteiger partial charge in [0.25, 0.3) is 0 Å². The minimum absolute atomic E-state index is 0.489. The van der Waals surface area contributed by atoms with Gasteiger partial charge in [0.05, 0.1) is 11.1 Å². The maximum absolute atomic E-state index is 2.51. The van der Waals surface area contributed by atoms with Crippen molar-refractivity contribution in [1.82, 2.24) is 0 Å². The zero-order chi connectivity index (χ0) is 34.9. The summed E-state index contributed by atoms with van der Waals surface area (Å²) >= 11 is 1.87. The maximum Gasteiger partial charge on any atom is 0.0714 e. The Labute approximate surface area is 312 Å². The van der Waals surface area contributed by atoms with Crippen LogP contribution < -0.4 is 4.90 Å². The second kappa shape index (κ2) is 11.8. The van der Waals surface area contributed by atoms with E-state index >= 15 is 0 Å². The summed E-state index contributed by atoms with van der Waals surface area (Å²) in [6.07, 6.45) is 0. The molecule has 0 spiro atoms. The van der Waals surface area contributed by atoms with Crippen molar-refractivity contribution in [3.63, 3.8) is 0 Å². The largest absolute Gasteiger partial charge is 0.310 e. The summed E-state index contributed by atoms with van der Waals surface area (Å²) in [5.74, 6) is 0. The van der Waals surface area contributed by atoms with Gasteiger partial charge in [-0.3, -0.25) is 0 Å². The molecule has 0 saturated carbocycles. The van der Waals surface area contributed by atoms with Crippen LogP contribution in [0.2, 0.25) is 0 Å². The van der Waals surface area contributed by atoms with Gasteiger partial charge in [-0.25, -0.2) is 0 Å². The van der Waals surface area contributed by atoms with Crippen LogP contribution in [0.1, 0.15) is 22.3 Å². The quantitative estimate of drug-likeness (QED) is 0.162. The first-order chi connectivity index (χ1) is 26.3. The molecule has 53 heavy (non-hydrogen) atoms. The van der Waals surface area contributed by atoms with Gasteiger partial charge in [0.1, 0.15) is 0 Å². The Morgan fingerprint density at radius 3 is 1.77 bits per heavy atom. The predicted octanol–water partition coefficient (Wildman–Crippen LogP) is 14.2. The first kappa shape index (κ1) is 30.2. The van der Waals surface area contributed by atoms with Crippen LogP contribution in [-0.2, 0) is 5.41 Å². The molecule has 1 aliphatic carbocycles. The summed E-state index contributed by atoms with van der Waals surface area (Å²) < 4.78 is 2.59. The van der Waals surface area contributed by atoms with Crippen molar-refractivity contribution in [2.75, 3.05) is 4.90 Å². The molecule has 0 unspecified atom stereocenters. The van der Waals surface area contributed by atoms with Gasteiger partial charge in [-0.05, 0) is 97.4 Å². The van der Waals surface area contributed by atoms with Crippen LogP contribution in [0.15, 0.2) is 200 Å². The van der Waals surface area contributed by atoms with Crippen LogP contribution in [0.3, 0.4) is 0 Å². The van der Waals surface area contributed by atoms with Gasteiger partial charge in [-0.15, -0.1) is 11.3 Å². The molecule has 248 valence electrons. The van der Waals surface area contributed by atoms with E-state index in [4.69, 9.17) is 0 Å². The lowest BCUT2D eigenvalue weighted by Gasteiger charge is -2.35. The Bertz CT molecular complexity index is 2970. The highest BCUT2D eigenvalue weighted by Crippen LogP contribution is 2.57. The Morgan fingerprint density at radius 1 is 0.377 bits per heavy atom. The zero-order valence-electron chi connectivity index (χ0n) is 28.9. The van der Waals surface area contributed by atoms with E-state index in [0.717, 1.165) is 11.4 Å². The number of thiophene rings is 1. The van der Waals surface area contributed by atoms with Gasteiger partial charge < -0.3 is 4.90 Å². The molecular formula is C51H33NS. The van der Waals surface area contributed by atoms with Crippen molar-refractivity contribution >= 4 is 70.1 Å². The topological polar surface area (TPSA) is 3.24 Å². The van der Waals surface area contributed by atoms with Crippen LogP contribution in [-0.4, -0.2) is 0 Å². The molecule has 0 radical (unpaired) electrons. The van der Waals surface area contributed by atoms with Crippen molar-refractivity contribution in [1.29, 1.82) is 0 Å². The van der Waals surface area contributed by atoms with Crippen LogP contribution >= 0.6 is 11.3 Å². The summed E-state index contributed by atoms with van der Waals surface area (Å²) in [5, 5.41) is 7.58. The molecule has 11 rings (SSSR count). The van der Waals surface area contributed by atoms with Crippen molar-refractivity contribution < 1.29 is 0 Å². The molecule has 2 heteroatoms. The monoisotopic (exact) mass is 691 g/mol. The second-order valence-electron chi connectivity index (χ2n) is 14.0. The van der Waals surface area contributed by atoms with Crippen LogP contribution in [0.4, 0.5) is 17.1 Å². The maximum atomic E-state index is 2.51. The third-order valence-electron chi connectivity index (χ3n) is 11.3. The Morgan fingerprint density at radius 2 is 0.962 bits per heavy atom. The molecule has 1 nitrogen and oxygen atoms in total. The highest BCUT2D eigenvalue weighted by molar-refractivity contribution is 7.26. The van der Waals surface area contributed by atoms with E-state index in [9.17, 15) is 0 Å². The minimum atomic E-state index is -0.489. The summed E-state index contributed by atoms with van der Waals surface area (Å²) in [7, 11) is 0. The van der Waals surface area contributed by atoms with E-state index in [1.807, 2.05) is 11.3 Å². The fraction of sp³-hybridized carbons (Fsp3) is 0.0196. The molecule has 0 bridgehead atoms. The molecule has 0 amide bonds. The van der Waals surface area contributed by atoms with Gasteiger partial charge >= 0.3 is 0 Å². The molecule has 9 aromatic carbocycles. The second-order valence-corrected chi connectivity index (χ2v) is 15.1. The van der Waals surface area contributed by atoms with Crippen molar-refractivity contribution in [3.05, 3.63) is 222 Å². The lowest BCUT2D eigenvalue weighted by atomic mass is 9.67. The number of hydrogen-bond donors (Lipinski definition) is 0. The number of fused-ring (bicyclic) bond motifs is 9. The lowest BCUT2D eigenvalue weighted by Crippen LogP contribution is -2.28. The SMILES string of the molecule is c1ccc(C2(c3ccccc3)c3ccccc3-c3ccc(N(c4ccc5ccc6ccccc6c5c4)c4cccc5sc6ccccc6c45)cc32)cc1. The van der Waals surface area contributed by atoms with E-state index in [0.29, 0.717) is 0 Å². The Balaban J connectivity index is 1.24. The summed E-state index contributed by atoms with van der Waals surface area (Å²) in [6, 6.07) is 74.2. The first-order valence-electron chi connectivity index (χ1n) is 18.3. The van der Waals surface area contributed by atoms with E-state index < -0.39 is 5.41 Å². The molecular weight excluding hydrogens is 659 g/mol. The molecule has 1 aliphatic rings. The molecule has 0 saturated heterocycles. The van der Waals surface area contributed by atoms with Crippen molar-refractivity contribution in [3.8, 4) is 11.1 Å². The Kier molecular flexibility index (Phi) is 6.71. The lowest BCUT2D eigenvalue weighted by molar-refractivity contribution is 0.768. The van der Waals surface area contributed by atoms with E-state index in [-0.39, 0.29) is 0 Å². The number of anilines is 3. The molecule has 0 N–H and O–H groups in total. The number of rotatable bonds is 5. The third-order valence-corrected chi connectivity index (χ3v) is 12.4. The molecule has 10 aromatic rings. The van der Waals surface area contributed by atoms with Gasteiger partial charge in [-0.2, -0.15) is 0 Å². The van der Waals surface area contributed by atoms with Gasteiger partial charge in [0, 0.05) is 31.5 Å². The van der Waals surface area contributed by atoms with Gasteiger partial charge in [0.15, 0.2) is 0 Å². The minimum Gasteiger partial charge on any atom is -0.310 e. The smallest absolute Gasteiger partial charge is 0.0714 e. The van der Waals surface area contributed by atoms with Crippen LogP contribution in [0.5, 0.6) is 0 Å². The highest BCUT2D eigenvalue weighted by atomic mass is 32.1. The first-order valence-corrected chi connectivity index (χ1v) is 19.1. The zero-order valence-corrected chi connectivity index (χ0v) is 29.7. The van der Waals surface area contributed by atoms with E-state index in [2.05, 4.69) is 205 Å². The molecule has 0 aliphatic heterocycles. The predicted molar refractivity (Wildman–Crippen MR) is 226 cm³/mol. The van der Waals surface area contributed by atoms with E-state index in [1.54, 1.807) is 0 Å². The number of benzene rings is 9. The normalized spacial score (nSPS) is 13.1. The summed E-state index contributed by atoms with van der Waals surface area (Å²) in [5.41, 5.74) is 10.7. The molecule has 1 aromatic heterocycles. The highest BCUT2D eigenvalue weighted by Gasteiger charge is 2.46. The third kappa shape index (κ3) is 4.43. The summed E-state index contributed by atoms with van der Waals surface area (Å²) in [6.45, 7) is 0. The Hall–Kier alpha value is -6.48. The van der Waals surface area contributed by atoms with Gasteiger partial charge in [0.2, 0.25) is 0 Å². The average molecular weight is 692 g/mol. The van der Waals surface area contributed by atoms with Crippen molar-refractivity contribution in [2.45, 2.75) is 5.41 Å². The summed E-state index contributed by atoms with van der Waals surface area (Å²) in [4.78, 5) is 2.51.